The fourth-order valence-electron chi connectivity index (χ4n) is 1.82. The normalized spacial score (nSPS) is 11.2. The Kier molecular flexibility index (Phi) is 4.97. The molecule has 0 aliphatic heterocycles. The van der Waals surface area contributed by atoms with Crippen LogP contribution >= 0.6 is 11.6 Å². The van der Waals surface area contributed by atoms with Crippen LogP contribution in [0.5, 0.6) is 0 Å². The highest BCUT2D eigenvalue weighted by molar-refractivity contribution is 6.31. The number of benzene rings is 2. The van der Waals surface area contributed by atoms with Gasteiger partial charge in [-0.1, -0.05) is 60.1 Å². The van der Waals surface area contributed by atoms with E-state index in [0.29, 0.717) is 17.1 Å². The molecular weight excluding hydrogens is 270 g/mol. The lowest BCUT2D eigenvalue weighted by molar-refractivity contribution is -0.117. The number of carbonyl (C=O) groups excluding carboxylic acids is 1. The van der Waals surface area contributed by atoms with E-state index in [1.54, 1.807) is 6.92 Å². The number of carbonyl (C=O) groups is 1. The maximum atomic E-state index is 12.0. The maximum Gasteiger partial charge on any atom is 0.247 e. The summed E-state index contributed by atoms with van der Waals surface area (Å²) in [7, 11) is 0. The molecule has 102 valence electrons. The molecule has 0 aliphatic carbocycles. The molecule has 0 atom stereocenters. The maximum absolute atomic E-state index is 12.0. The SMILES string of the molecule is CC(=Cc1ccccc1)C(=O)NCc1ccccc1Cl. The molecule has 2 nitrogen and oxygen atoms in total. The zero-order chi connectivity index (χ0) is 14.4. The van der Waals surface area contributed by atoms with Crippen molar-refractivity contribution in [3.05, 3.63) is 76.3 Å². The van der Waals surface area contributed by atoms with Crippen LogP contribution in [0.1, 0.15) is 18.1 Å². The van der Waals surface area contributed by atoms with Gasteiger partial charge in [0.25, 0.3) is 0 Å². The van der Waals surface area contributed by atoms with Gasteiger partial charge in [0.2, 0.25) is 5.91 Å². The molecule has 0 fully saturated rings. The topological polar surface area (TPSA) is 29.1 Å². The Labute approximate surface area is 124 Å². The van der Waals surface area contributed by atoms with Crippen LogP contribution in [0.3, 0.4) is 0 Å². The van der Waals surface area contributed by atoms with E-state index >= 15 is 0 Å². The Balaban J connectivity index is 1.99. The minimum absolute atomic E-state index is 0.0891. The summed E-state index contributed by atoms with van der Waals surface area (Å²) in [6, 6.07) is 17.3. The number of halogens is 1. The number of rotatable bonds is 4. The van der Waals surface area contributed by atoms with E-state index in [1.807, 2.05) is 60.7 Å². The third kappa shape index (κ3) is 3.97. The monoisotopic (exact) mass is 285 g/mol. The van der Waals surface area contributed by atoms with Crippen LogP contribution in [-0.4, -0.2) is 5.91 Å². The van der Waals surface area contributed by atoms with Crippen LogP contribution in [0.4, 0.5) is 0 Å². The fourth-order valence-corrected chi connectivity index (χ4v) is 2.02. The number of amides is 1. The first-order chi connectivity index (χ1) is 9.66. The molecule has 0 aliphatic rings. The average molecular weight is 286 g/mol. The highest BCUT2D eigenvalue weighted by atomic mass is 35.5. The second-order valence-corrected chi connectivity index (χ2v) is 4.92. The largest absolute Gasteiger partial charge is 0.348 e. The van der Waals surface area contributed by atoms with Gasteiger partial charge in [-0.25, -0.2) is 0 Å². The molecule has 0 aromatic heterocycles. The first-order valence-electron chi connectivity index (χ1n) is 6.42. The summed E-state index contributed by atoms with van der Waals surface area (Å²) in [5, 5.41) is 3.53. The lowest BCUT2D eigenvalue weighted by Gasteiger charge is -2.07. The minimum atomic E-state index is -0.0891. The zero-order valence-electron chi connectivity index (χ0n) is 11.3. The molecule has 1 N–H and O–H groups in total. The summed E-state index contributed by atoms with van der Waals surface area (Å²) in [6.45, 7) is 2.23. The van der Waals surface area contributed by atoms with E-state index in [0.717, 1.165) is 11.1 Å². The molecule has 2 aromatic carbocycles. The van der Waals surface area contributed by atoms with Gasteiger partial charge in [-0.3, -0.25) is 4.79 Å². The Morgan fingerprint density at radius 1 is 1.10 bits per heavy atom. The predicted octanol–water partition coefficient (Wildman–Crippen LogP) is 4.06. The molecule has 2 aromatic rings. The van der Waals surface area contributed by atoms with Crippen molar-refractivity contribution in [1.82, 2.24) is 5.32 Å². The lowest BCUT2D eigenvalue weighted by atomic mass is 10.1. The smallest absolute Gasteiger partial charge is 0.247 e. The highest BCUT2D eigenvalue weighted by Gasteiger charge is 2.05. The molecule has 0 saturated carbocycles. The van der Waals surface area contributed by atoms with Crippen molar-refractivity contribution < 1.29 is 4.79 Å². The van der Waals surface area contributed by atoms with Crippen molar-refractivity contribution >= 4 is 23.6 Å². The predicted molar refractivity (Wildman–Crippen MR) is 83.4 cm³/mol. The van der Waals surface area contributed by atoms with Crippen molar-refractivity contribution in [2.75, 3.05) is 0 Å². The highest BCUT2D eigenvalue weighted by Crippen LogP contribution is 2.14. The van der Waals surface area contributed by atoms with Crippen molar-refractivity contribution in [2.45, 2.75) is 13.5 Å². The van der Waals surface area contributed by atoms with Gasteiger partial charge < -0.3 is 5.32 Å². The number of hydrogen-bond acceptors (Lipinski definition) is 1. The Bertz CT molecular complexity index is 620. The molecule has 0 bridgehead atoms. The Morgan fingerprint density at radius 3 is 2.45 bits per heavy atom. The standard InChI is InChI=1S/C17H16ClNO/c1-13(11-14-7-3-2-4-8-14)17(20)19-12-15-9-5-6-10-16(15)18/h2-11H,12H2,1H3,(H,19,20). The number of hydrogen-bond donors (Lipinski definition) is 1. The van der Waals surface area contributed by atoms with E-state index in [9.17, 15) is 4.79 Å². The van der Waals surface area contributed by atoms with E-state index in [4.69, 9.17) is 11.6 Å². The molecule has 0 unspecified atom stereocenters. The minimum Gasteiger partial charge on any atom is -0.348 e. The first-order valence-corrected chi connectivity index (χ1v) is 6.79. The van der Waals surface area contributed by atoms with Crippen molar-refractivity contribution in [1.29, 1.82) is 0 Å². The van der Waals surface area contributed by atoms with Gasteiger partial charge >= 0.3 is 0 Å². The van der Waals surface area contributed by atoms with E-state index in [2.05, 4.69) is 5.32 Å². The van der Waals surface area contributed by atoms with Crippen LogP contribution in [0.2, 0.25) is 5.02 Å². The van der Waals surface area contributed by atoms with Crippen LogP contribution < -0.4 is 5.32 Å². The third-order valence-electron chi connectivity index (χ3n) is 2.94. The second kappa shape index (κ2) is 6.92. The Hall–Kier alpha value is -2.06. The average Bonchev–Trinajstić information content (AvgIpc) is 2.47. The fraction of sp³-hybridized carbons (Fsp3) is 0.118. The van der Waals surface area contributed by atoms with E-state index in [1.165, 1.54) is 0 Å². The molecule has 0 saturated heterocycles. The van der Waals surface area contributed by atoms with Gasteiger partial charge in [-0.05, 0) is 30.2 Å². The summed E-state index contributed by atoms with van der Waals surface area (Å²) in [5.41, 5.74) is 2.59. The van der Waals surface area contributed by atoms with E-state index in [-0.39, 0.29) is 5.91 Å². The summed E-state index contributed by atoms with van der Waals surface area (Å²) < 4.78 is 0. The van der Waals surface area contributed by atoms with Gasteiger partial charge in [-0.15, -0.1) is 0 Å². The first kappa shape index (κ1) is 14.4. The molecule has 0 heterocycles. The molecule has 2 rings (SSSR count). The van der Waals surface area contributed by atoms with Crippen molar-refractivity contribution in [2.24, 2.45) is 0 Å². The molecule has 1 amide bonds. The van der Waals surface area contributed by atoms with Crippen molar-refractivity contribution in [3.63, 3.8) is 0 Å². The number of nitrogens with one attached hydrogen (secondary N) is 1. The van der Waals surface area contributed by atoms with Gasteiger partial charge in [0.1, 0.15) is 0 Å². The van der Waals surface area contributed by atoms with Crippen LogP contribution in [0.25, 0.3) is 6.08 Å². The van der Waals surface area contributed by atoms with Crippen LogP contribution in [0, 0.1) is 0 Å². The van der Waals surface area contributed by atoms with Gasteiger partial charge in [-0.2, -0.15) is 0 Å². The van der Waals surface area contributed by atoms with Gasteiger partial charge in [0.15, 0.2) is 0 Å². The summed E-state index contributed by atoms with van der Waals surface area (Å²) in [6.07, 6.45) is 1.86. The molecule has 20 heavy (non-hydrogen) atoms. The molecular formula is C17H16ClNO. The quantitative estimate of drug-likeness (QED) is 0.843. The summed E-state index contributed by atoms with van der Waals surface area (Å²) >= 11 is 6.05. The van der Waals surface area contributed by atoms with E-state index < -0.39 is 0 Å². The van der Waals surface area contributed by atoms with Crippen molar-refractivity contribution in [3.8, 4) is 0 Å². The van der Waals surface area contributed by atoms with Crippen LogP contribution in [-0.2, 0) is 11.3 Å². The molecule has 0 radical (unpaired) electrons. The Morgan fingerprint density at radius 2 is 1.75 bits per heavy atom. The summed E-state index contributed by atoms with van der Waals surface area (Å²) in [4.78, 5) is 12.0. The second-order valence-electron chi connectivity index (χ2n) is 4.51. The molecule has 3 heteroatoms. The van der Waals surface area contributed by atoms with Gasteiger partial charge in [0.05, 0.1) is 0 Å². The van der Waals surface area contributed by atoms with Crippen LogP contribution in [0.15, 0.2) is 60.2 Å². The molecule has 0 spiro atoms. The van der Waals surface area contributed by atoms with Gasteiger partial charge in [0, 0.05) is 17.1 Å². The summed E-state index contributed by atoms with van der Waals surface area (Å²) in [5.74, 6) is -0.0891. The third-order valence-corrected chi connectivity index (χ3v) is 3.31. The zero-order valence-corrected chi connectivity index (χ0v) is 12.0. The lowest BCUT2D eigenvalue weighted by Crippen LogP contribution is -2.23.